The number of nitrogens with one attached hydrogen (secondary N) is 1. The molecule has 0 unspecified atom stereocenters. The zero-order valence-electron chi connectivity index (χ0n) is 10.7. The molecule has 0 aliphatic rings. The van der Waals surface area contributed by atoms with Crippen molar-refractivity contribution in [3.05, 3.63) is 39.0 Å². The van der Waals surface area contributed by atoms with E-state index in [1.54, 1.807) is 11.3 Å². The fourth-order valence-electron chi connectivity index (χ4n) is 1.72. The molecule has 1 N–H and O–H groups in total. The topological polar surface area (TPSA) is 29.9 Å². The van der Waals surface area contributed by atoms with E-state index in [9.17, 15) is 0 Å². The molecule has 5 heteroatoms. The first kappa shape index (κ1) is 13.8. The molecular weight excluding hydrogens is 310 g/mol. The Kier molecular flexibility index (Phi) is 4.97. The Morgan fingerprint density at radius 3 is 2.94 bits per heavy atom. The molecular formula is C13H18BrN3S. The van der Waals surface area contributed by atoms with Gasteiger partial charge >= 0.3 is 0 Å². The van der Waals surface area contributed by atoms with Crippen molar-refractivity contribution in [1.82, 2.24) is 14.9 Å². The van der Waals surface area contributed by atoms with Crippen molar-refractivity contribution in [2.75, 3.05) is 0 Å². The summed E-state index contributed by atoms with van der Waals surface area (Å²) in [5.41, 5.74) is 1.25. The van der Waals surface area contributed by atoms with Gasteiger partial charge in [0.05, 0.1) is 15.8 Å². The molecule has 0 saturated heterocycles. The Morgan fingerprint density at radius 1 is 1.44 bits per heavy atom. The minimum atomic E-state index is 0.501. The molecule has 2 heterocycles. The van der Waals surface area contributed by atoms with Gasteiger partial charge in [-0.15, -0.1) is 11.3 Å². The van der Waals surface area contributed by atoms with Crippen LogP contribution in [0.3, 0.4) is 0 Å². The van der Waals surface area contributed by atoms with Crippen molar-refractivity contribution in [3.8, 4) is 0 Å². The van der Waals surface area contributed by atoms with Gasteiger partial charge in [-0.25, -0.2) is 4.98 Å². The lowest BCUT2D eigenvalue weighted by molar-refractivity contribution is 0.555. The first-order chi connectivity index (χ1) is 8.65. The van der Waals surface area contributed by atoms with E-state index in [0.29, 0.717) is 6.04 Å². The molecule has 0 amide bonds. The lowest BCUT2D eigenvalue weighted by Crippen LogP contribution is -2.23. The first-order valence-electron chi connectivity index (χ1n) is 6.12. The van der Waals surface area contributed by atoms with Gasteiger partial charge in [0.25, 0.3) is 0 Å². The predicted octanol–water partition coefficient (Wildman–Crippen LogP) is 3.45. The maximum absolute atomic E-state index is 4.23. The van der Waals surface area contributed by atoms with Crippen LogP contribution in [-0.4, -0.2) is 15.6 Å². The van der Waals surface area contributed by atoms with Crippen LogP contribution in [0.1, 0.15) is 24.4 Å². The Hall–Kier alpha value is -0.650. The predicted molar refractivity (Wildman–Crippen MR) is 79.9 cm³/mol. The summed E-state index contributed by atoms with van der Waals surface area (Å²) < 4.78 is 3.42. The summed E-state index contributed by atoms with van der Waals surface area (Å²) >= 11 is 5.30. The number of hydrogen-bond acceptors (Lipinski definition) is 3. The number of nitrogens with zero attached hydrogens (tertiary/aromatic N) is 2. The third-order valence-corrected chi connectivity index (χ3v) is 4.40. The Bertz CT molecular complexity index is 490. The molecule has 2 rings (SSSR count). The van der Waals surface area contributed by atoms with Crippen LogP contribution in [0, 0.1) is 0 Å². The highest BCUT2D eigenvalue weighted by molar-refractivity contribution is 9.11. The van der Waals surface area contributed by atoms with Gasteiger partial charge in [-0.1, -0.05) is 13.8 Å². The molecule has 0 atom stereocenters. The van der Waals surface area contributed by atoms with E-state index in [-0.39, 0.29) is 0 Å². The summed E-state index contributed by atoms with van der Waals surface area (Å²) in [6.07, 6.45) is 4.92. The maximum atomic E-state index is 4.23. The highest BCUT2D eigenvalue weighted by atomic mass is 79.9. The number of aromatic nitrogens is 2. The van der Waals surface area contributed by atoms with Gasteiger partial charge in [0.1, 0.15) is 0 Å². The van der Waals surface area contributed by atoms with Crippen molar-refractivity contribution >= 4 is 27.3 Å². The fraction of sp³-hybridized carbons (Fsp3) is 0.462. The monoisotopic (exact) mass is 327 g/mol. The highest BCUT2D eigenvalue weighted by Crippen LogP contribution is 2.22. The van der Waals surface area contributed by atoms with Crippen LogP contribution in [-0.2, 0) is 19.5 Å². The molecule has 0 radical (unpaired) electrons. The van der Waals surface area contributed by atoms with E-state index in [1.165, 1.54) is 14.4 Å². The smallest absolute Gasteiger partial charge is 0.0948 e. The SMILES string of the molecule is CC(C)NCc1cncn1CCc1ccc(Br)s1. The Labute approximate surface area is 120 Å². The lowest BCUT2D eigenvalue weighted by atomic mass is 10.3. The van der Waals surface area contributed by atoms with E-state index in [4.69, 9.17) is 0 Å². The number of imidazole rings is 1. The van der Waals surface area contributed by atoms with Crippen molar-refractivity contribution in [3.63, 3.8) is 0 Å². The van der Waals surface area contributed by atoms with Gasteiger partial charge in [0, 0.05) is 30.2 Å². The van der Waals surface area contributed by atoms with Gasteiger partial charge in [0.15, 0.2) is 0 Å². The molecule has 18 heavy (non-hydrogen) atoms. The molecule has 2 aromatic heterocycles. The second kappa shape index (κ2) is 6.50. The van der Waals surface area contributed by atoms with Gasteiger partial charge in [-0.2, -0.15) is 0 Å². The zero-order valence-corrected chi connectivity index (χ0v) is 13.1. The minimum Gasteiger partial charge on any atom is -0.333 e. The number of halogens is 1. The highest BCUT2D eigenvalue weighted by Gasteiger charge is 2.04. The summed E-state index contributed by atoms with van der Waals surface area (Å²) in [5.74, 6) is 0. The summed E-state index contributed by atoms with van der Waals surface area (Å²) in [6.45, 7) is 6.18. The molecule has 98 valence electrons. The van der Waals surface area contributed by atoms with Crippen LogP contribution >= 0.6 is 27.3 Å². The first-order valence-corrected chi connectivity index (χ1v) is 7.72. The second-order valence-electron chi connectivity index (χ2n) is 4.57. The van der Waals surface area contributed by atoms with E-state index in [0.717, 1.165) is 19.5 Å². The molecule has 0 aliphatic carbocycles. The van der Waals surface area contributed by atoms with Crippen molar-refractivity contribution in [1.29, 1.82) is 0 Å². The Balaban J connectivity index is 1.91. The summed E-state index contributed by atoms with van der Waals surface area (Å²) in [4.78, 5) is 5.64. The average Bonchev–Trinajstić information content (AvgIpc) is 2.92. The summed E-state index contributed by atoms with van der Waals surface area (Å²) in [7, 11) is 0. The molecule has 0 aromatic carbocycles. The molecule has 0 aliphatic heterocycles. The normalized spacial score (nSPS) is 11.3. The quantitative estimate of drug-likeness (QED) is 0.880. The van der Waals surface area contributed by atoms with Crippen LogP contribution < -0.4 is 5.32 Å². The average molecular weight is 328 g/mol. The van der Waals surface area contributed by atoms with E-state index < -0.39 is 0 Å². The van der Waals surface area contributed by atoms with Crippen molar-refractivity contribution < 1.29 is 0 Å². The lowest BCUT2D eigenvalue weighted by Gasteiger charge is -2.10. The number of rotatable bonds is 6. The van der Waals surface area contributed by atoms with Crippen LogP contribution in [0.5, 0.6) is 0 Å². The van der Waals surface area contributed by atoms with Crippen LogP contribution in [0.4, 0.5) is 0 Å². The van der Waals surface area contributed by atoms with Crippen molar-refractivity contribution in [2.45, 2.75) is 39.4 Å². The third-order valence-electron chi connectivity index (χ3n) is 2.72. The van der Waals surface area contributed by atoms with E-state index >= 15 is 0 Å². The van der Waals surface area contributed by atoms with Crippen LogP contribution in [0.25, 0.3) is 0 Å². The standard InChI is InChI=1S/C13H18BrN3S/c1-10(2)16-8-11-7-15-9-17(11)6-5-12-3-4-13(14)18-12/h3-4,7,9-10,16H,5-6,8H2,1-2H3. The van der Waals surface area contributed by atoms with Gasteiger partial charge in [-0.05, 0) is 34.5 Å². The van der Waals surface area contributed by atoms with Crippen LogP contribution in [0.2, 0.25) is 0 Å². The number of thiophene rings is 1. The largest absolute Gasteiger partial charge is 0.333 e. The van der Waals surface area contributed by atoms with Crippen LogP contribution in [0.15, 0.2) is 28.4 Å². The number of aryl methyl sites for hydroxylation is 2. The maximum Gasteiger partial charge on any atom is 0.0948 e. The summed E-state index contributed by atoms with van der Waals surface area (Å²) in [6, 6.07) is 4.79. The zero-order chi connectivity index (χ0) is 13.0. The van der Waals surface area contributed by atoms with Crippen molar-refractivity contribution in [2.24, 2.45) is 0 Å². The van der Waals surface area contributed by atoms with Gasteiger partial charge in [-0.3, -0.25) is 0 Å². The molecule has 3 nitrogen and oxygen atoms in total. The second-order valence-corrected chi connectivity index (χ2v) is 7.12. The molecule has 0 fully saturated rings. The fourth-order valence-corrected chi connectivity index (χ4v) is 3.19. The molecule has 0 saturated carbocycles. The number of hydrogen-bond donors (Lipinski definition) is 1. The third kappa shape index (κ3) is 3.93. The molecule has 0 spiro atoms. The van der Waals surface area contributed by atoms with Gasteiger partial charge in [0.2, 0.25) is 0 Å². The Morgan fingerprint density at radius 2 is 2.28 bits per heavy atom. The minimum absolute atomic E-state index is 0.501. The van der Waals surface area contributed by atoms with E-state index in [2.05, 4.69) is 56.8 Å². The molecule has 2 aromatic rings. The summed E-state index contributed by atoms with van der Waals surface area (Å²) in [5, 5.41) is 3.42. The van der Waals surface area contributed by atoms with Gasteiger partial charge < -0.3 is 9.88 Å². The van der Waals surface area contributed by atoms with E-state index in [1.807, 2.05) is 12.5 Å². The molecule has 0 bridgehead atoms.